The summed E-state index contributed by atoms with van der Waals surface area (Å²) in [6.07, 6.45) is 4.86. The van der Waals surface area contributed by atoms with Gasteiger partial charge < -0.3 is 10.3 Å². The molecule has 1 heterocycles. The average molecular weight is 311 g/mol. The molecule has 0 saturated carbocycles. The number of nitrogens with two attached hydrogens (primary N) is 1. The van der Waals surface area contributed by atoms with Gasteiger partial charge in [0.05, 0.1) is 16.1 Å². The largest absolute Gasteiger partial charge is 0.393 e. The molecule has 0 amide bonds. The zero-order valence-corrected chi connectivity index (χ0v) is 11.7. The minimum atomic E-state index is -3.76. The predicted octanol–water partition coefficient (Wildman–Crippen LogP) is 0.352. The first-order chi connectivity index (χ1) is 9.90. The second-order valence-corrected chi connectivity index (χ2v) is 5.94. The molecule has 10 heteroatoms. The van der Waals surface area contributed by atoms with Crippen molar-refractivity contribution in [2.75, 3.05) is 12.3 Å². The van der Waals surface area contributed by atoms with Crippen molar-refractivity contribution >= 4 is 21.4 Å². The van der Waals surface area contributed by atoms with Crippen molar-refractivity contribution in [3.63, 3.8) is 0 Å². The maximum Gasteiger partial charge on any atom is 0.292 e. The summed E-state index contributed by atoms with van der Waals surface area (Å²) in [7, 11) is -3.76. The highest BCUT2D eigenvalue weighted by Crippen LogP contribution is 2.24. The topological polar surface area (TPSA) is 133 Å². The number of sulfonamides is 1. The molecule has 0 atom stereocenters. The van der Waals surface area contributed by atoms with Crippen LogP contribution in [0.15, 0.2) is 41.8 Å². The molecule has 0 bridgehead atoms. The van der Waals surface area contributed by atoms with Crippen molar-refractivity contribution in [3.05, 3.63) is 47.0 Å². The van der Waals surface area contributed by atoms with E-state index >= 15 is 0 Å². The number of nitrogens with zero attached hydrogens (tertiary/aromatic N) is 3. The lowest BCUT2D eigenvalue weighted by molar-refractivity contribution is -0.383. The van der Waals surface area contributed by atoms with Gasteiger partial charge in [0.1, 0.15) is 5.69 Å². The molecule has 0 aliphatic carbocycles. The highest BCUT2D eigenvalue weighted by molar-refractivity contribution is 7.89. The van der Waals surface area contributed by atoms with Crippen molar-refractivity contribution < 1.29 is 13.3 Å². The predicted molar refractivity (Wildman–Crippen MR) is 74.9 cm³/mol. The quantitative estimate of drug-likeness (QED) is 0.449. The molecule has 1 aromatic heterocycles. The van der Waals surface area contributed by atoms with Crippen LogP contribution in [0.1, 0.15) is 0 Å². The molecular weight excluding hydrogens is 298 g/mol. The molecule has 0 unspecified atom stereocenters. The van der Waals surface area contributed by atoms with Crippen molar-refractivity contribution in [1.82, 2.24) is 14.3 Å². The third-order valence-corrected chi connectivity index (χ3v) is 4.19. The van der Waals surface area contributed by atoms with Gasteiger partial charge in [-0.2, -0.15) is 0 Å². The Morgan fingerprint density at radius 1 is 1.43 bits per heavy atom. The molecule has 2 aromatic rings. The van der Waals surface area contributed by atoms with Gasteiger partial charge in [-0.1, -0.05) is 0 Å². The number of nitro groups is 1. The number of aromatic nitrogens is 2. The fourth-order valence-electron chi connectivity index (χ4n) is 1.68. The van der Waals surface area contributed by atoms with Crippen LogP contribution in [0.2, 0.25) is 0 Å². The molecule has 0 aliphatic rings. The van der Waals surface area contributed by atoms with Crippen molar-refractivity contribution in [1.29, 1.82) is 0 Å². The zero-order chi connectivity index (χ0) is 15.5. The zero-order valence-electron chi connectivity index (χ0n) is 10.8. The fraction of sp³-hybridized carbons (Fsp3) is 0.182. The summed E-state index contributed by atoms with van der Waals surface area (Å²) < 4.78 is 28.2. The Bertz CT molecular complexity index is 742. The molecule has 21 heavy (non-hydrogen) atoms. The van der Waals surface area contributed by atoms with Crippen LogP contribution < -0.4 is 10.5 Å². The van der Waals surface area contributed by atoms with Crippen LogP contribution in [0, 0.1) is 10.1 Å². The second kappa shape index (κ2) is 5.89. The highest BCUT2D eigenvalue weighted by Gasteiger charge is 2.18. The van der Waals surface area contributed by atoms with Gasteiger partial charge in [-0.15, -0.1) is 0 Å². The van der Waals surface area contributed by atoms with Crippen LogP contribution >= 0.6 is 0 Å². The standard InChI is InChI=1S/C11H13N5O4S/c12-10-7-9(1-2-11(10)16(17)18)21(19,20)14-4-6-15-5-3-13-8-15/h1-3,5,7-8,14H,4,6,12H2. The van der Waals surface area contributed by atoms with E-state index in [4.69, 9.17) is 5.73 Å². The van der Waals surface area contributed by atoms with Crippen LogP contribution in [-0.4, -0.2) is 29.4 Å². The second-order valence-electron chi connectivity index (χ2n) is 4.18. The first kappa shape index (κ1) is 14.9. The molecule has 0 aliphatic heterocycles. The summed E-state index contributed by atoms with van der Waals surface area (Å²) in [5, 5.41) is 10.6. The molecule has 1 aromatic carbocycles. The third kappa shape index (κ3) is 3.55. The molecular formula is C11H13N5O4S. The molecule has 0 saturated heterocycles. The molecule has 0 fully saturated rings. The van der Waals surface area contributed by atoms with E-state index in [-0.39, 0.29) is 22.8 Å². The lowest BCUT2D eigenvalue weighted by Crippen LogP contribution is -2.27. The van der Waals surface area contributed by atoms with Gasteiger partial charge >= 0.3 is 0 Å². The van der Waals surface area contributed by atoms with Gasteiger partial charge in [-0.05, 0) is 12.1 Å². The summed E-state index contributed by atoms with van der Waals surface area (Å²) in [5.41, 5.74) is 4.96. The maximum atomic E-state index is 12.0. The van der Waals surface area contributed by atoms with E-state index in [0.29, 0.717) is 6.54 Å². The Balaban J connectivity index is 2.08. The van der Waals surface area contributed by atoms with Crippen LogP contribution in [0.4, 0.5) is 11.4 Å². The monoisotopic (exact) mass is 311 g/mol. The Hall–Kier alpha value is -2.46. The molecule has 0 radical (unpaired) electrons. The first-order valence-electron chi connectivity index (χ1n) is 5.89. The number of nitrogens with one attached hydrogen (secondary N) is 1. The highest BCUT2D eigenvalue weighted by atomic mass is 32.2. The lowest BCUT2D eigenvalue weighted by atomic mass is 10.3. The van der Waals surface area contributed by atoms with E-state index in [1.807, 2.05) is 0 Å². The van der Waals surface area contributed by atoms with Gasteiger partial charge in [-0.25, -0.2) is 18.1 Å². The van der Waals surface area contributed by atoms with E-state index < -0.39 is 14.9 Å². The summed E-state index contributed by atoms with van der Waals surface area (Å²) in [6.45, 7) is 0.581. The molecule has 3 N–H and O–H groups in total. The molecule has 9 nitrogen and oxygen atoms in total. The number of hydrogen-bond donors (Lipinski definition) is 2. The Morgan fingerprint density at radius 2 is 2.19 bits per heavy atom. The van der Waals surface area contributed by atoms with Gasteiger partial charge in [0.25, 0.3) is 5.69 Å². The minimum absolute atomic E-state index is 0.115. The Kier molecular flexibility index (Phi) is 4.19. The number of nitrogen functional groups attached to an aromatic ring is 1. The Morgan fingerprint density at radius 3 is 2.76 bits per heavy atom. The van der Waals surface area contributed by atoms with E-state index in [2.05, 4.69) is 9.71 Å². The van der Waals surface area contributed by atoms with E-state index in [0.717, 1.165) is 18.2 Å². The SMILES string of the molecule is Nc1cc(S(=O)(=O)NCCn2ccnc2)ccc1[N+](=O)[O-]. The first-order valence-corrected chi connectivity index (χ1v) is 7.38. The van der Waals surface area contributed by atoms with Crippen molar-refractivity contribution in [3.8, 4) is 0 Å². The Labute approximate surface area is 120 Å². The van der Waals surface area contributed by atoms with Gasteiger partial charge in [0, 0.05) is 31.5 Å². The third-order valence-electron chi connectivity index (χ3n) is 2.73. The summed E-state index contributed by atoms with van der Waals surface area (Å²) in [5.74, 6) is 0. The van der Waals surface area contributed by atoms with Crippen LogP contribution in [0.5, 0.6) is 0 Å². The van der Waals surface area contributed by atoms with Crippen LogP contribution in [0.25, 0.3) is 0 Å². The number of hydrogen-bond acceptors (Lipinski definition) is 6. The van der Waals surface area contributed by atoms with Crippen molar-refractivity contribution in [2.45, 2.75) is 11.4 Å². The number of nitro benzene ring substituents is 1. The summed E-state index contributed by atoms with van der Waals surface area (Å²) >= 11 is 0. The summed E-state index contributed by atoms with van der Waals surface area (Å²) in [4.78, 5) is 13.7. The van der Waals surface area contributed by atoms with E-state index in [1.165, 1.54) is 0 Å². The molecule has 0 spiro atoms. The smallest absolute Gasteiger partial charge is 0.292 e. The number of imidazole rings is 1. The van der Waals surface area contributed by atoms with Gasteiger partial charge in [-0.3, -0.25) is 10.1 Å². The normalized spacial score (nSPS) is 11.4. The molecule has 112 valence electrons. The maximum absolute atomic E-state index is 12.0. The lowest BCUT2D eigenvalue weighted by Gasteiger charge is -2.08. The van der Waals surface area contributed by atoms with Crippen LogP contribution in [-0.2, 0) is 16.6 Å². The minimum Gasteiger partial charge on any atom is -0.393 e. The van der Waals surface area contributed by atoms with E-state index in [9.17, 15) is 18.5 Å². The average Bonchev–Trinajstić information content (AvgIpc) is 2.91. The van der Waals surface area contributed by atoms with E-state index in [1.54, 1.807) is 23.3 Å². The van der Waals surface area contributed by atoms with Crippen LogP contribution in [0.3, 0.4) is 0 Å². The molecule has 2 rings (SSSR count). The van der Waals surface area contributed by atoms with Gasteiger partial charge in [0.15, 0.2) is 0 Å². The number of benzene rings is 1. The fourth-order valence-corrected chi connectivity index (χ4v) is 2.73. The van der Waals surface area contributed by atoms with Crippen molar-refractivity contribution in [2.24, 2.45) is 0 Å². The van der Waals surface area contributed by atoms with Gasteiger partial charge in [0.2, 0.25) is 10.0 Å². The number of anilines is 1. The summed E-state index contributed by atoms with van der Waals surface area (Å²) in [6, 6.07) is 3.28. The number of rotatable bonds is 6.